The van der Waals surface area contributed by atoms with Crippen LogP contribution in [-0.2, 0) is 6.18 Å². The smallest absolute Gasteiger partial charge is 0.416 e. The molecule has 0 aliphatic rings. The van der Waals surface area contributed by atoms with Gasteiger partial charge in [-0.2, -0.15) is 13.2 Å². The Morgan fingerprint density at radius 2 is 1.85 bits per heavy atom. The van der Waals surface area contributed by atoms with Gasteiger partial charge in [0.25, 0.3) is 0 Å². The van der Waals surface area contributed by atoms with E-state index in [1.807, 2.05) is 0 Å². The summed E-state index contributed by atoms with van der Waals surface area (Å²) < 4.78 is 51.9. The summed E-state index contributed by atoms with van der Waals surface area (Å²) in [6, 6.07) is 3.07. The van der Waals surface area contributed by atoms with Crippen molar-refractivity contribution in [2.45, 2.75) is 12.2 Å². The maximum atomic E-state index is 13.3. The van der Waals surface area contributed by atoms with E-state index in [0.717, 1.165) is 11.3 Å². The molecule has 0 fully saturated rings. The molecule has 0 bridgehead atoms. The number of thiophene rings is 1. The molecular formula is C12H10ClF4NOS. The summed E-state index contributed by atoms with van der Waals surface area (Å²) in [6.45, 7) is 0. The minimum Gasteiger partial charge on any atom is -0.505 e. The fraction of sp³-hybridized carbons (Fsp3) is 0.167. The summed E-state index contributed by atoms with van der Waals surface area (Å²) in [7, 11) is 0. The van der Waals surface area contributed by atoms with E-state index in [1.165, 1.54) is 6.07 Å². The maximum Gasteiger partial charge on any atom is 0.416 e. The van der Waals surface area contributed by atoms with Crippen LogP contribution in [0.1, 0.15) is 22.0 Å². The topological polar surface area (TPSA) is 46.2 Å². The van der Waals surface area contributed by atoms with Crippen LogP contribution in [0.15, 0.2) is 29.6 Å². The maximum absolute atomic E-state index is 13.3. The van der Waals surface area contributed by atoms with Crippen LogP contribution in [0.25, 0.3) is 0 Å². The zero-order chi connectivity index (χ0) is 14.2. The predicted molar refractivity (Wildman–Crippen MR) is 70.7 cm³/mol. The molecular weight excluding hydrogens is 318 g/mol. The van der Waals surface area contributed by atoms with E-state index in [9.17, 15) is 22.7 Å². The normalized spacial score (nSPS) is 12.8. The molecule has 1 heterocycles. The van der Waals surface area contributed by atoms with Crippen LogP contribution in [0.4, 0.5) is 17.6 Å². The van der Waals surface area contributed by atoms with Crippen molar-refractivity contribution in [3.8, 4) is 5.75 Å². The van der Waals surface area contributed by atoms with Gasteiger partial charge in [0.1, 0.15) is 0 Å². The Morgan fingerprint density at radius 3 is 2.35 bits per heavy atom. The van der Waals surface area contributed by atoms with Gasteiger partial charge in [0.05, 0.1) is 11.6 Å². The Morgan fingerprint density at radius 1 is 1.20 bits per heavy atom. The molecule has 2 aromatic rings. The number of halogens is 5. The van der Waals surface area contributed by atoms with Gasteiger partial charge in [-0.1, -0.05) is 6.07 Å². The zero-order valence-corrected chi connectivity index (χ0v) is 11.5. The quantitative estimate of drug-likeness (QED) is 0.816. The lowest BCUT2D eigenvalue weighted by molar-refractivity contribution is -0.138. The van der Waals surface area contributed by atoms with Crippen LogP contribution in [0.3, 0.4) is 0 Å². The highest BCUT2D eigenvalue weighted by Gasteiger charge is 2.37. The molecule has 0 unspecified atom stereocenters. The molecule has 0 saturated heterocycles. The van der Waals surface area contributed by atoms with Crippen molar-refractivity contribution in [1.29, 1.82) is 0 Å². The average molecular weight is 328 g/mol. The number of hydrogen-bond acceptors (Lipinski definition) is 3. The number of benzene rings is 1. The Labute approximate surface area is 122 Å². The first-order valence-electron chi connectivity index (χ1n) is 5.20. The van der Waals surface area contributed by atoms with Gasteiger partial charge < -0.3 is 10.8 Å². The third kappa shape index (κ3) is 3.05. The SMILES string of the molecule is Cl.N[C@@H](c1cccs1)c1c(C(F)(F)F)ccc(F)c1O. The number of phenols is 1. The molecule has 0 aliphatic heterocycles. The van der Waals surface area contributed by atoms with Gasteiger partial charge in [-0.15, -0.1) is 23.7 Å². The van der Waals surface area contributed by atoms with E-state index in [1.54, 1.807) is 11.4 Å². The molecule has 2 nitrogen and oxygen atoms in total. The number of phenolic OH excluding ortho intramolecular Hbond substituents is 1. The second kappa shape index (κ2) is 5.99. The largest absolute Gasteiger partial charge is 0.505 e. The first-order chi connectivity index (χ1) is 8.82. The summed E-state index contributed by atoms with van der Waals surface area (Å²) >= 11 is 1.13. The molecule has 0 spiro atoms. The predicted octanol–water partition coefficient (Wildman–Crippen LogP) is 4.08. The van der Waals surface area contributed by atoms with Crippen molar-refractivity contribution in [1.82, 2.24) is 0 Å². The molecule has 20 heavy (non-hydrogen) atoms. The first-order valence-corrected chi connectivity index (χ1v) is 6.08. The van der Waals surface area contributed by atoms with Crippen molar-refractivity contribution >= 4 is 23.7 Å². The average Bonchev–Trinajstić information content (AvgIpc) is 2.83. The lowest BCUT2D eigenvalue weighted by atomic mass is 9.97. The number of alkyl halides is 3. The molecule has 1 aromatic carbocycles. The highest BCUT2D eigenvalue weighted by Crippen LogP contribution is 2.41. The van der Waals surface area contributed by atoms with E-state index in [0.29, 0.717) is 17.0 Å². The second-order valence-corrected chi connectivity index (χ2v) is 4.83. The summed E-state index contributed by atoms with van der Waals surface area (Å²) in [6.07, 6.45) is -4.71. The van der Waals surface area contributed by atoms with Gasteiger partial charge in [-0.3, -0.25) is 0 Å². The molecule has 3 N–H and O–H groups in total. The summed E-state index contributed by atoms with van der Waals surface area (Å²) in [4.78, 5) is 0.409. The van der Waals surface area contributed by atoms with E-state index < -0.39 is 34.9 Å². The number of aromatic hydroxyl groups is 1. The van der Waals surface area contributed by atoms with Gasteiger partial charge >= 0.3 is 6.18 Å². The summed E-state index contributed by atoms with van der Waals surface area (Å²) in [5.74, 6) is -2.19. The lowest BCUT2D eigenvalue weighted by Crippen LogP contribution is -2.18. The zero-order valence-electron chi connectivity index (χ0n) is 9.82. The fourth-order valence-corrected chi connectivity index (χ4v) is 2.49. The Hall–Kier alpha value is -1.31. The van der Waals surface area contributed by atoms with Crippen molar-refractivity contribution in [2.24, 2.45) is 5.73 Å². The molecule has 1 aromatic heterocycles. The third-order valence-electron chi connectivity index (χ3n) is 2.63. The van der Waals surface area contributed by atoms with Gasteiger partial charge in [0, 0.05) is 10.4 Å². The Balaban J connectivity index is 0.00000200. The lowest BCUT2D eigenvalue weighted by Gasteiger charge is -2.19. The summed E-state index contributed by atoms with van der Waals surface area (Å²) in [5.41, 5.74) is 3.94. The highest BCUT2D eigenvalue weighted by molar-refractivity contribution is 7.10. The van der Waals surface area contributed by atoms with Gasteiger partial charge in [-0.05, 0) is 23.6 Å². The van der Waals surface area contributed by atoms with Crippen molar-refractivity contribution in [3.63, 3.8) is 0 Å². The van der Waals surface area contributed by atoms with Crippen LogP contribution in [0.5, 0.6) is 5.75 Å². The Kier molecular flexibility index (Phi) is 5.01. The highest BCUT2D eigenvalue weighted by atomic mass is 35.5. The Bertz CT molecular complexity index is 586. The van der Waals surface area contributed by atoms with Crippen LogP contribution < -0.4 is 5.73 Å². The van der Waals surface area contributed by atoms with E-state index in [4.69, 9.17) is 5.73 Å². The van der Waals surface area contributed by atoms with Crippen LogP contribution in [-0.4, -0.2) is 5.11 Å². The standard InChI is InChI=1S/C12H9F4NOS.ClH/c13-7-4-3-6(12(14,15)16)9(11(7)18)10(17)8-2-1-5-19-8;/h1-5,10,18H,17H2;1H/t10-;/m0./s1. The van der Waals surface area contributed by atoms with Gasteiger partial charge in [0.15, 0.2) is 11.6 Å². The third-order valence-corrected chi connectivity index (χ3v) is 3.59. The minimum atomic E-state index is -4.71. The second-order valence-electron chi connectivity index (χ2n) is 3.85. The van der Waals surface area contributed by atoms with Crippen LogP contribution >= 0.6 is 23.7 Å². The summed E-state index contributed by atoms with van der Waals surface area (Å²) in [5, 5.41) is 11.2. The molecule has 0 aliphatic carbocycles. The van der Waals surface area contributed by atoms with Crippen LogP contribution in [0.2, 0.25) is 0 Å². The molecule has 2 rings (SSSR count). The van der Waals surface area contributed by atoms with E-state index in [-0.39, 0.29) is 12.4 Å². The van der Waals surface area contributed by atoms with E-state index in [2.05, 4.69) is 0 Å². The number of rotatable bonds is 2. The van der Waals surface area contributed by atoms with E-state index >= 15 is 0 Å². The van der Waals surface area contributed by atoms with Crippen molar-refractivity contribution < 1.29 is 22.7 Å². The number of nitrogens with two attached hydrogens (primary N) is 1. The molecule has 1 atom stereocenters. The molecule has 110 valence electrons. The molecule has 8 heteroatoms. The van der Waals surface area contributed by atoms with Crippen LogP contribution in [0, 0.1) is 5.82 Å². The molecule has 0 radical (unpaired) electrons. The number of hydrogen-bond donors (Lipinski definition) is 2. The monoisotopic (exact) mass is 327 g/mol. The first kappa shape index (κ1) is 16.7. The van der Waals surface area contributed by atoms with Gasteiger partial charge in [0.2, 0.25) is 0 Å². The minimum absolute atomic E-state index is 0. The van der Waals surface area contributed by atoms with Crippen molar-refractivity contribution in [2.75, 3.05) is 0 Å². The molecule has 0 saturated carbocycles. The van der Waals surface area contributed by atoms with Crippen molar-refractivity contribution in [3.05, 3.63) is 51.5 Å². The molecule has 0 amide bonds. The fourth-order valence-electron chi connectivity index (χ4n) is 1.75. The van der Waals surface area contributed by atoms with Gasteiger partial charge in [-0.25, -0.2) is 4.39 Å².